The van der Waals surface area contributed by atoms with Crippen molar-refractivity contribution in [3.63, 3.8) is 0 Å². The molecule has 55 nitrogen and oxygen atoms in total. The normalized spacial score (nSPS) is 19.9. The molecule has 0 spiro atoms. The van der Waals surface area contributed by atoms with Crippen molar-refractivity contribution in [1.29, 1.82) is 0 Å². The molecule has 0 aliphatic heterocycles. The van der Waals surface area contributed by atoms with E-state index in [1.807, 2.05) is 0 Å². The molecule has 15 atom stereocenters. The average molecular weight is 1750 g/mol. The Hall–Kier alpha value is 0.770. The van der Waals surface area contributed by atoms with Crippen molar-refractivity contribution in [3.8, 4) is 0 Å². The molecule has 0 heterocycles. The highest BCUT2D eigenvalue weighted by atomic mass is 31.2. The molecule has 66 heteroatoms. The average Bonchev–Trinajstić information content (AvgIpc) is 0.894. The fraction of sp³-hybridized carbons (Fsp3) is 1.00. The molecule has 0 aromatic rings. The third kappa shape index (κ3) is 61.0. The van der Waals surface area contributed by atoms with E-state index in [9.17, 15) is 104 Å². The van der Waals surface area contributed by atoms with E-state index < -0.39 is 255 Å². The summed E-state index contributed by atoms with van der Waals surface area (Å²) in [6, 6.07) is 0. The first-order valence-electron chi connectivity index (χ1n) is 28.6. The molecule has 0 aromatic carbocycles. The highest BCUT2D eigenvalue weighted by molar-refractivity contribution is 7.50. The largest absolute Gasteiger partial charge is 0.472 e. The summed E-state index contributed by atoms with van der Waals surface area (Å²) in [5, 5.41) is 22.2. The zero-order valence-corrected chi connectivity index (χ0v) is 65.2. The third-order valence-electron chi connectivity index (χ3n) is 9.62. The van der Waals surface area contributed by atoms with Gasteiger partial charge in [-0.05, 0) is 35.2 Å². The summed E-state index contributed by atoms with van der Waals surface area (Å²) in [6.07, 6.45) is -8.01. The van der Waals surface area contributed by atoms with Crippen LogP contribution in [0.25, 0.3) is 0 Å². The van der Waals surface area contributed by atoms with E-state index >= 15 is 0 Å². The van der Waals surface area contributed by atoms with E-state index in [1.165, 1.54) is 28.2 Å². The van der Waals surface area contributed by atoms with Crippen molar-refractivity contribution in [2.75, 3.05) is 214 Å². The van der Waals surface area contributed by atoms with Crippen LogP contribution in [-0.4, -0.2) is 309 Å². The molecule has 0 aliphatic rings. The summed E-state index contributed by atoms with van der Waals surface area (Å²) < 4.78 is 260. The van der Waals surface area contributed by atoms with Crippen molar-refractivity contribution in [2.45, 2.75) is 30.5 Å². The smallest absolute Gasteiger partial charge is 0.394 e. The Kier molecular flexibility index (Phi) is 54.9. The van der Waals surface area contributed by atoms with Crippen LogP contribution in [0.5, 0.6) is 0 Å². The quantitative estimate of drug-likeness (QED) is 0.0182. The van der Waals surface area contributed by atoms with Crippen LogP contribution in [0.15, 0.2) is 0 Å². The maximum Gasteiger partial charge on any atom is 0.472 e. The number of phosphoric ester groups is 11. The second-order valence-corrected chi connectivity index (χ2v) is 34.1. The molecule has 0 amide bonds. The lowest BCUT2D eigenvalue weighted by Gasteiger charge is -2.23. The Morgan fingerprint density at radius 2 is 0.379 bits per heavy atom. The second-order valence-electron chi connectivity index (χ2n) is 18.5. The summed E-state index contributed by atoms with van der Waals surface area (Å²) >= 11 is 0. The van der Waals surface area contributed by atoms with Gasteiger partial charge < -0.3 is 87.5 Å². The van der Waals surface area contributed by atoms with Gasteiger partial charge in [-0.25, -0.2) is 50.2 Å². The van der Waals surface area contributed by atoms with E-state index in [0.29, 0.717) is 0 Å². The van der Waals surface area contributed by atoms with Crippen LogP contribution in [0.3, 0.4) is 0 Å². The van der Waals surface area contributed by atoms with Crippen molar-refractivity contribution < 1.29 is 233 Å². The van der Waals surface area contributed by atoms with Gasteiger partial charge in [-0.15, -0.1) is 0 Å². The van der Waals surface area contributed by atoms with Gasteiger partial charge >= 0.3 is 86.0 Å². The Morgan fingerprint density at radius 3 is 0.553 bits per heavy atom. The Labute approximate surface area is 588 Å². The number of rotatable bonds is 73. The van der Waals surface area contributed by atoms with Crippen molar-refractivity contribution in [1.82, 2.24) is 26.6 Å². The predicted molar refractivity (Wildman–Crippen MR) is 336 cm³/mol. The lowest BCUT2D eigenvalue weighted by atomic mass is 10.4. The molecule has 18 N–H and O–H groups in total. The van der Waals surface area contributed by atoms with Gasteiger partial charge in [0.15, 0.2) is 0 Å². The second kappa shape index (κ2) is 54.5. The van der Waals surface area contributed by atoms with Crippen LogP contribution in [0.1, 0.15) is 0 Å². The highest BCUT2D eigenvalue weighted by Gasteiger charge is 2.37. The van der Waals surface area contributed by atoms with Gasteiger partial charge in [0, 0.05) is 0 Å². The SMILES string of the molecule is CNCOCC(COP(=O)(O)OCCOP(=O)(O)OCCOP(=O)(O)OCCOP(=O)(O)OC(COCNC)COP(=O)(O)OCCOP(=O)(O)OC(COCNC)COP(=O)(O)OCCOP(=O)(O)OC(COCNC)COP(=O)(O)OCCOP(=O)(O)OC(CO)COCNC)OP(=O)(O)O. The van der Waals surface area contributed by atoms with Gasteiger partial charge in [-0.1, -0.05) is 0 Å². The highest BCUT2D eigenvalue weighted by Crippen LogP contribution is 2.53. The number of hydrogen-bond acceptors (Lipinski definition) is 43. The third-order valence-corrected chi connectivity index (χ3v) is 20.5. The van der Waals surface area contributed by atoms with E-state index in [2.05, 4.69) is 80.9 Å². The molecule has 0 bridgehead atoms. The minimum atomic E-state index is -5.28. The zero-order chi connectivity index (χ0) is 78.4. The lowest BCUT2D eigenvalue weighted by Crippen LogP contribution is -2.27. The predicted octanol–water partition coefficient (Wildman–Crippen LogP) is -1.77. The van der Waals surface area contributed by atoms with Gasteiger partial charge in [-0.2, -0.15) is 0 Å². The van der Waals surface area contributed by atoms with Gasteiger partial charge in [-0.3, -0.25) is 122 Å². The summed E-state index contributed by atoms with van der Waals surface area (Å²) in [5.74, 6) is 0. The molecule has 620 valence electrons. The Bertz CT molecular complexity index is 2840. The standard InChI is InChI=1S/C37H92N5O50P11/c1-38-28-67-19-33(18-43)89-100(59,60)80-15-11-77-97(53,54)85-26-36(22-70-31-41-4)91-102(63,64)82-17-13-79-99(57,58)87-27-37(23-71-32-42-5)92-103(65,66)83-16-12-78-98(55,56)86-25-35(21-69-30-40-3)90-101(61,62)81-14-10-75-95(49,50)73-7-6-72-94(47,48)74-8-9-76-96(51,52)84-24-34(20-68-29-39-2)88-93(44,45)46/h33-43H,6-32H2,1-5H3,(H,47,48)(H,49,50)(H,51,52)(H,53,54)(H,55,56)(H,57,58)(H,59,60)(H,61,62)(H,63,64)(H,65,66)(H2,44,45,46). The molecule has 0 fully saturated rings. The van der Waals surface area contributed by atoms with Crippen LogP contribution < -0.4 is 26.6 Å². The van der Waals surface area contributed by atoms with E-state index in [-0.39, 0.29) is 40.3 Å². The number of aliphatic hydroxyl groups is 1. The molecule has 0 aliphatic carbocycles. The van der Waals surface area contributed by atoms with Crippen LogP contribution in [0, 0.1) is 0 Å². The van der Waals surface area contributed by atoms with Crippen molar-refractivity contribution in [2.24, 2.45) is 0 Å². The summed E-state index contributed by atoms with van der Waals surface area (Å²) in [4.78, 5) is 119. The number of ether oxygens (including phenoxy) is 5. The van der Waals surface area contributed by atoms with Gasteiger partial charge in [0.25, 0.3) is 0 Å². The van der Waals surface area contributed by atoms with Gasteiger partial charge in [0.1, 0.15) is 30.5 Å². The Morgan fingerprint density at radius 1 is 0.223 bits per heavy atom. The first kappa shape index (κ1) is 104. The molecular formula is C37H92N5O50P11. The molecule has 103 heavy (non-hydrogen) atoms. The molecule has 0 aromatic heterocycles. The molecular weight excluding hydrogens is 1660 g/mol. The fourth-order valence-corrected chi connectivity index (χ4v) is 14.1. The van der Waals surface area contributed by atoms with Gasteiger partial charge in [0.2, 0.25) is 0 Å². The number of phosphoric acid groups is 11. The monoisotopic (exact) mass is 1750 g/mol. The molecule has 0 rings (SSSR count). The Balaban J connectivity index is 5.18. The number of hydrogen-bond donors (Lipinski definition) is 18. The van der Waals surface area contributed by atoms with Crippen molar-refractivity contribution >= 4 is 86.0 Å². The van der Waals surface area contributed by atoms with Crippen LogP contribution in [0.4, 0.5) is 0 Å². The van der Waals surface area contributed by atoms with E-state index in [4.69, 9.17) is 74.2 Å². The summed E-state index contributed by atoms with van der Waals surface area (Å²) in [6.45, 7) is -19.7. The zero-order valence-electron chi connectivity index (χ0n) is 55.3. The first-order chi connectivity index (χ1) is 47.8. The maximum atomic E-state index is 12.9. The topological polar surface area (TPSA) is 751 Å². The fourth-order valence-electron chi connectivity index (χ4n) is 5.85. The van der Waals surface area contributed by atoms with E-state index in [1.54, 1.807) is 7.05 Å². The lowest BCUT2D eigenvalue weighted by molar-refractivity contribution is -0.0139. The van der Waals surface area contributed by atoms with Crippen molar-refractivity contribution in [3.05, 3.63) is 0 Å². The van der Waals surface area contributed by atoms with Crippen LogP contribution in [0.2, 0.25) is 0 Å². The minimum Gasteiger partial charge on any atom is -0.394 e. The molecule has 0 radical (unpaired) electrons. The minimum absolute atomic E-state index is 0.0160. The molecule has 15 unspecified atom stereocenters. The summed E-state index contributed by atoms with van der Waals surface area (Å²) in [7, 11) is -48.9. The number of aliphatic hydroxyl groups excluding tert-OH is 1. The van der Waals surface area contributed by atoms with Crippen LogP contribution in [-0.2, 0) is 169 Å². The summed E-state index contributed by atoms with van der Waals surface area (Å²) in [5.41, 5.74) is 0. The van der Waals surface area contributed by atoms with Gasteiger partial charge in [0.05, 0.1) is 179 Å². The van der Waals surface area contributed by atoms with E-state index in [0.717, 1.165) is 0 Å². The molecule has 0 saturated carbocycles. The maximum absolute atomic E-state index is 12.9. The molecule has 0 saturated heterocycles. The van der Waals surface area contributed by atoms with Crippen LogP contribution >= 0.6 is 86.0 Å². The number of nitrogens with one attached hydrogen (secondary N) is 5. The first-order valence-corrected chi connectivity index (χ1v) is 45.1.